The number of carbonyl (C=O) groups excluding carboxylic acids is 1. The fourth-order valence-corrected chi connectivity index (χ4v) is 3.10. The van der Waals surface area contributed by atoms with Crippen molar-refractivity contribution in [1.82, 2.24) is 9.80 Å². The lowest BCUT2D eigenvalue weighted by Crippen LogP contribution is -2.49. The maximum atomic E-state index is 13.5. The molecule has 0 atom stereocenters. The van der Waals surface area contributed by atoms with Crippen LogP contribution in [0.3, 0.4) is 0 Å². The van der Waals surface area contributed by atoms with Crippen LogP contribution in [0.5, 0.6) is 0 Å². The van der Waals surface area contributed by atoms with Crippen LogP contribution in [0.25, 0.3) is 0 Å². The van der Waals surface area contributed by atoms with E-state index >= 15 is 0 Å². The summed E-state index contributed by atoms with van der Waals surface area (Å²) in [5, 5.41) is 0.123. The highest BCUT2D eigenvalue weighted by molar-refractivity contribution is 6.30. The summed E-state index contributed by atoms with van der Waals surface area (Å²) in [7, 11) is 0. The molecule has 2 aromatic rings. The summed E-state index contributed by atoms with van der Waals surface area (Å²) >= 11 is 5.70. The van der Waals surface area contributed by atoms with Gasteiger partial charge in [-0.1, -0.05) is 47.5 Å². The number of halogens is 2. The van der Waals surface area contributed by atoms with E-state index in [2.05, 4.69) is 19.1 Å². The van der Waals surface area contributed by atoms with E-state index in [9.17, 15) is 9.18 Å². The van der Waals surface area contributed by atoms with Crippen molar-refractivity contribution in [3.05, 3.63) is 70.0 Å². The molecule has 3 rings (SSSR count). The molecular formula is C19H20ClFN2O. The van der Waals surface area contributed by atoms with Gasteiger partial charge in [0.05, 0.1) is 11.6 Å². The molecule has 1 heterocycles. The third-order valence-corrected chi connectivity index (χ3v) is 4.55. The normalized spacial score (nSPS) is 15.8. The highest BCUT2D eigenvalue weighted by Gasteiger charge is 2.24. The number of hydrogen-bond acceptors (Lipinski definition) is 2. The smallest absolute Gasteiger partial charge is 0.237 e. The number of aryl methyl sites for hydroxylation is 1. The molecule has 0 spiro atoms. The SMILES string of the molecule is Cc1cccc(CN2CCN(Cc3ccc(Cl)c(F)c3)CC2=O)c1. The standard InChI is InChI=1S/C19H20ClFN2O/c1-14-3-2-4-15(9-14)12-23-8-7-22(13-19(23)24)11-16-5-6-17(20)18(21)10-16/h2-6,9-10H,7-8,11-13H2,1H3. The number of hydrogen-bond donors (Lipinski definition) is 0. The molecule has 1 amide bonds. The Morgan fingerprint density at radius 2 is 1.88 bits per heavy atom. The molecule has 2 aromatic carbocycles. The van der Waals surface area contributed by atoms with E-state index in [0.29, 0.717) is 26.2 Å². The maximum Gasteiger partial charge on any atom is 0.237 e. The summed E-state index contributed by atoms with van der Waals surface area (Å²) in [5.74, 6) is -0.309. The number of amides is 1. The van der Waals surface area contributed by atoms with Gasteiger partial charge in [-0.15, -0.1) is 0 Å². The van der Waals surface area contributed by atoms with Gasteiger partial charge >= 0.3 is 0 Å². The fourth-order valence-electron chi connectivity index (χ4n) is 2.99. The van der Waals surface area contributed by atoms with Crippen LogP contribution in [0, 0.1) is 12.7 Å². The lowest BCUT2D eigenvalue weighted by Gasteiger charge is -2.34. The zero-order valence-corrected chi connectivity index (χ0v) is 14.4. The van der Waals surface area contributed by atoms with Crippen LogP contribution in [-0.2, 0) is 17.9 Å². The van der Waals surface area contributed by atoms with Crippen LogP contribution in [0.15, 0.2) is 42.5 Å². The average Bonchev–Trinajstić information content (AvgIpc) is 2.54. The van der Waals surface area contributed by atoms with Crippen molar-refractivity contribution in [2.75, 3.05) is 19.6 Å². The van der Waals surface area contributed by atoms with E-state index in [0.717, 1.165) is 17.7 Å². The first kappa shape index (κ1) is 16.9. The first-order valence-corrected chi connectivity index (χ1v) is 8.38. The van der Waals surface area contributed by atoms with Gasteiger partial charge in [0, 0.05) is 26.2 Å². The Morgan fingerprint density at radius 3 is 2.58 bits per heavy atom. The first-order chi connectivity index (χ1) is 11.5. The van der Waals surface area contributed by atoms with Crippen molar-refractivity contribution in [1.29, 1.82) is 0 Å². The van der Waals surface area contributed by atoms with Crippen molar-refractivity contribution in [3.63, 3.8) is 0 Å². The highest BCUT2D eigenvalue weighted by Crippen LogP contribution is 2.18. The topological polar surface area (TPSA) is 23.6 Å². The maximum absolute atomic E-state index is 13.5. The Balaban J connectivity index is 1.58. The number of carbonyl (C=O) groups is 1. The second kappa shape index (κ2) is 7.32. The predicted molar refractivity (Wildman–Crippen MR) is 93.3 cm³/mol. The van der Waals surface area contributed by atoms with E-state index < -0.39 is 5.82 Å². The lowest BCUT2D eigenvalue weighted by molar-refractivity contribution is -0.136. The van der Waals surface area contributed by atoms with Crippen molar-refractivity contribution >= 4 is 17.5 Å². The van der Waals surface area contributed by atoms with Crippen LogP contribution >= 0.6 is 11.6 Å². The van der Waals surface area contributed by atoms with Gasteiger partial charge in [0.2, 0.25) is 5.91 Å². The average molecular weight is 347 g/mol. The largest absolute Gasteiger partial charge is 0.336 e. The fraction of sp³-hybridized carbons (Fsp3) is 0.316. The summed E-state index contributed by atoms with van der Waals surface area (Å²) in [6.45, 7) is 5.07. The molecule has 0 saturated carbocycles. The number of piperazine rings is 1. The molecular weight excluding hydrogens is 327 g/mol. The zero-order valence-electron chi connectivity index (χ0n) is 13.6. The Kier molecular flexibility index (Phi) is 5.17. The van der Waals surface area contributed by atoms with Gasteiger partial charge in [0.1, 0.15) is 5.82 Å². The molecule has 1 saturated heterocycles. The van der Waals surface area contributed by atoms with Gasteiger partial charge in [-0.3, -0.25) is 9.69 Å². The Bertz CT molecular complexity index is 750. The van der Waals surface area contributed by atoms with Gasteiger partial charge in [0.15, 0.2) is 0 Å². The van der Waals surface area contributed by atoms with Crippen molar-refractivity contribution in [2.24, 2.45) is 0 Å². The minimum atomic E-state index is -0.418. The number of benzene rings is 2. The molecule has 24 heavy (non-hydrogen) atoms. The third kappa shape index (κ3) is 4.13. The Hall–Kier alpha value is -1.91. The van der Waals surface area contributed by atoms with Gasteiger partial charge < -0.3 is 4.90 Å². The van der Waals surface area contributed by atoms with Gasteiger partial charge in [-0.25, -0.2) is 4.39 Å². The quantitative estimate of drug-likeness (QED) is 0.844. The van der Waals surface area contributed by atoms with Gasteiger partial charge in [0.25, 0.3) is 0 Å². The van der Waals surface area contributed by atoms with Crippen molar-refractivity contribution in [3.8, 4) is 0 Å². The number of rotatable bonds is 4. The third-order valence-electron chi connectivity index (χ3n) is 4.24. The molecule has 0 radical (unpaired) electrons. The molecule has 0 N–H and O–H groups in total. The monoisotopic (exact) mass is 346 g/mol. The van der Waals surface area contributed by atoms with E-state index in [4.69, 9.17) is 11.6 Å². The van der Waals surface area contributed by atoms with Crippen LogP contribution < -0.4 is 0 Å². The second-order valence-corrected chi connectivity index (χ2v) is 6.67. The van der Waals surface area contributed by atoms with Crippen LogP contribution in [0.2, 0.25) is 5.02 Å². The lowest BCUT2D eigenvalue weighted by atomic mass is 10.1. The Labute approximate surface area is 146 Å². The molecule has 3 nitrogen and oxygen atoms in total. The summed E-state index contributed by atoms with van der Waals surface area (Å²) in [6.07, 6.45) is 0. The molecule has 0 unspecified atom stereocenters. The molecule has 0 aromatic heterocycles. The second-order valence-electron chi connectivity index (χ2n) is 6.26. The zero-order chi connectivity index (χ0) is 17.1. The number of nitrogens with zero attached hydrogens (tertiary/aromatic N) is 2. The summed E-state index contributed by atoms with van der Waals surface area (Å²) in [5.41, 5.74) is 3.18. The molecule has 1 aliphatic heterocycles. The molecule has 0 aliphatic carbocycles. The van der Waals surface area contributed by atoms with Crippen LogP contribution in [-0.4, -0.2) is 35.3 Å². The van der Waals surface area contributed by atoms with E-state index in [1.807, 2.05) is 21.9 Å². The minimum Gasteiger partial charge on any atom is -0.336 e. The molecule has 126 valence electrons. The summed E-state index contributed by atoms with van der Waals surface area (Å²) in [6, 6.07) is 13.0. The highest BCUT2D eigenvalue weighted by atomic mass is 35.5. The van der Waals surface area contributed by atoms with Crippen LogP contribution in [0.1, 0.15) is 16.7 Å². The van der Waals surface area contributed by atoms with Crippen molar-refractivity contribution in [2.45, 2.75) is 20.0 Å². The molecule has 1 aliphatic rings. The first-order valence-electron chi connectivity index (χ1n) is 8.01. The van der Waals surface area contributed by atoms with Gasteiger partial charge in [-0.05, 0) is 30.2 Å². The summed E-state index contributed by atoms with van der Waals surface area (Å²) in [4.78, 5) is 16.3. The van der Waals surface area contributed by atoms with Crippen molar-refractivity contribution < 1.29 is 9.18 Å². The van der Waals surface area contributed by atoms with E-state index in [1.54, 1.807) is 12.1 Å². The summed E-state index contributed by atoms with van der Waals surface area (Å²) < 4.78 is 13.5. The molecule has 5 heteroatoms. The van der Waals surface area contributed by atoms with E-state index in [-0.39, 0.29) is 10.9 Å². The van der Waals surface area contributed by atoms with Gasteiger partial charge in [-0.2, -0.15) is 0 Å². The van der Waals surface area contributed by atoms with E-state index in [1.165, 1.54) is 11.6 Å². The minimum absolute atomic E-state index is 0.109. The molecule has 1 fully saturated rings. The predicted octanol–water partition coefficient (Wildman–Crippen LogP) is 3.63. The van der Waals surface area contributed by atoms with Crippen LogP contribution in [0.4, 0.5) is 4.39 Å². The molecule has 0 bridgehead atoms. The Morgan fingerprint density at radius 1 is 1.08 bits per heavy atom.